The van der Waals surface area contributed by atoms with Crippen LogP contribution in [0.5, 0.6) is 11.5 Å². The minimum atomic E-state index is -4.55. The van der Waals surface area contributed by atoms with Crippen LogP contribution >= 0.6 is 11.6 Å². The molecule has 16 heteroatoms. The van der Waals surface area contributed by atoms with Crippen molar-refractivity contribution in [3.63, 3.8) is 0 Å². The third kappa shape index (κ3) is 9.80. The lowest BCUT2D eigenvalue weighted by Gasteiger charge is -2.50. The van der Waals surface area contributed by atoms with Gasteiger partial charge in [-0.3, -0.25) is 19.8 Å². The maximum atomic E-state index is 13.9. The first-order chi connectivity index (χ1) is 29.7. The van der Waals surface area contributed by atoms with E-state index in [-0.39, 0.29) is 22.4 Å². The van der Waals surface area contributed by atoms with Crippen LogP contribution in [-0.2, 0) is 14.8 Å². The van der Waals surface area contributed by atoms with Gasteiger partial charge in [0.1, 0.15) is 22.8 Å². The minimum absolute atomic E-state index is 0.0300. The molecule has 62 heavy (non-hydrogen) atoms. The Morgan fingerprint density at radius 3 is 2.60 bits per heavy atom. The number of ether oxygens (including phenoxy) is 2. The number of carbonyl (C=O) groups is 1. The lowest BCUT2D eigenvalue weighted by Crippen LogP contribution is -2.47. The number of pyridine rings is 1. The van der Waals surface area contributed by atoms with Crippen LogP contribution in [-0.4, -0.2) is 92.5 Å². The Morgan fingerprint density at radius 1 is 1.08 bits per heavy atom. The second-order valence-electron chi connectivity index (χ2n) is 18.2. The van der Waals surface area contributed by atoms with E-state index < -0.39 is 31.4 Å². The summed E-state index contributed by atoms with van der Waals surface area (Å²) in [6.07, 6.45) is 11.4. The maximum Gasteiger partial charge on any atom is 0.293 e. The predicted molar refractivity (Wildman–Crippen MR) is 242 cm³/mol. The van der Waals surface area contributed by atoms with Crippen LogP contribution in [0.15, 0.2) is 89.1 Å². The zero-order chi connectivity index (χ0) is 43.6. The smallest absolute Gasteiger partial charge is 0.293 e. The van der Waals surface area contributed by atoms with Crippen LogP contribution in [0, 0.1) is 26.9 Å². The second kappa shape index (κ2) is 18.0. The molecule has 3 N–H and O–H groups in total. The number of nitrogens with zero attached hydrogens (tertiary/aromatic N) is 4. The lowest BCUT2D eigenvalue weighted by atomic mass is 9.58. The zero-order valence-corrected chi connectivity index (χ0v) is 37.1. The number of H-pyrrole nitrogens is 1. The van der Waals surface area contributed by atoms with Gasteiger partial charge in [-0.05, 0) is 110 Å². The van der Waals surface area contributed by atoms with E-state index in [0.29, 0.717) is 35.2 Å². The summed E-state index contributed by atoms with van der Waals surface area (Å²) in [6.45, 7) is 15.1. The van der Waals surface area contributed by atoms with Gasteiger partial charge in [-0.1, -0.05) is 31.6 Å². The summed E-state index contributed by atoms with van der Waals surface area (Å²) in [6, 6.07) is 12.4. The molecule has 330 valence electrons. The van der Waals surface area contributed by atoms with Crippen LogP contribution in [0.1, 0.15) is 75.6 Å². The molecule has 3 fully saturated rings. The largest absolute Gasteiger partial charge is 0.455 e. The van der Waals surface area contributed by atoms with E-state index in [2.05, 4.69) is 50.2 Å². The Kier molecular flexibility index (Phi) is 12.7. The quantitative estimate of drug-likeness (QED) is 0.0592. The van der Waals surface area contributed by atoms with Gasteiger partial charge in [0.05, 0.1) is 21.6 Å². The number of fused-ring (bicyclic) bond motifs is 1. The van der Waals surface area contributed by atoms with Crippen molar-refractivity contribution in [2.24, 2.45) is 16.7 Å². The third-order valence-electron chi connectivity index (χ3n) is 13.3. The summed E-state index contributed by atoms with van der Waals surface area (Å²) in [5.41, 5.74) is 5.80. The summed E-state index contributed by atoms with van der Waals surface area (Å²) >= 11 is 6.13. The molecular weight excluding hydrogens is 830 g/mol. The van der Waals surface area contributed by atoms with Gasteiger partial charge in [0.2, 0.25) is 0 Å². The van der Waals surface area contributed by atoms with Crippen LogP contribution in [0.3, 0.4) is 0 Å². The third-order valence-corrected chi connectivity index (χ3v) is 14.8. The van der Waals surface area contributed by atoms with Gasteiger partial charge in [0, 0.05) is 87.8 Å². The fraction of sp³-hybridized carbons (Fsp3) is 0.478. The molecule has 4 aliphatic rings. The number of hydrogen-bond donors (Lipinski definition) is 3. The number of rotatable bonds is 15. The Balaban J connectivity index is 0.977. The molecule has 4 heterocycles. The average molecular weight is 887 g/mol. The number of alkyl halides is 1. The molecule has 2 aliphatic carbocycles. The molecule has 14 nitrogen and oxygen atoms in total. The number of sulfonamides is 1. The van der Waals surface area contributed by atoms with Crippen LogP contribution < -0.4 is 19.7 Å². The van der Waals surface area contributed by atoms with Gasteiger partial charge in [0.25, 0.3) is 21.6 Å². The number of nitrogens with one attached hydrogen (secondary N) is 3. The molecule has 2 saturated heterocycles. The number of hydrogen-bond acceptors (Lipinski definition) is 11. The topological polar surface area (TPSA) is 172 Å². The molecule has 0 unspecified atom stereocenters. The summed E-state index contributed by atoms with van der Waals surface area (Å²) in [7, 11) is -4.55. The first-order valence-corrected chi connectivity index (χ1v) is 23.6. The summed E-state index contributed by atoms with van der Waals surface area (Å²) in [5.74, 6) is 0.468. The highest BCUT2D eigenvalue weighted by atomic mass is 35.5. The number of nitro groups is 1. The molecule has 2 aromatic carbocycles. The summed E-state index contributed by atoms with van der Waals surface area (Å²) < 4.78 is 41.4. The number of piperazine rings is 1. The Morgan fingerprint density at radius 2 is 1.85 bits per heavy atom. The molecule has 1 amide bonds. The number of anilines is 2. The second-order valence-corrected chi connectivity index (χ2v) is 20.3. The van der Waals surface area contributed by atoms with Gasteiger partial charge >= 0.3 is 0 Å². The molecule has 2 aromatic heterocycles. The van der Waals surface area contributed by atoms with E-state index in [1.807, 2.05) is 6.07 Å². The average Bonchev–Trinajstić information content (AvgIpc) is 3.71. The number of aromatic nitrogens is 2. The van der Waals surface area contributed by atoms with Gasteiger partial charge in [-0.2, -0.15) is 0 Å². The predicted octanol–water partition coefficient (Wildman–Crippen LogP) is 8.81. The lowest BCUT2D eigenvalue weighted by molar-refractivity contribution is -0.384. The molecule has 0 radical (unpaired) electrons. The number of carbonyl (C=O) groups excluding carboxylic acids is 1. The van der Waals surface area contributed by atoms with Gasteiger partial charge in [-0.15, -0.1) is 11.6 Å². The molecule has 1 saturated carbocycles. The van der Waals surface area contributed by atoms with Crippen molar-refractivity contribution >= 4 is 55.6 Å². The van der Waals surface area contributed by atoms with Crippen molar-refractivity contribution in [1.82, 2.24) is 19.6 Å². The van der Waals surface area contributed by atoms with Gasteiger partial charge in [0.15, 0.2) is 0 Å². The van der Waals surface area contributed by atoms with E-state index in [0.717, 1.165) is 120 Å². The van der Waals surface area contributed by atoms with E-state index in [9.17, 15) is 23.3 Å². The monoisotopic (exact) mass is 885 g/mol. The highest BCUT2D eigenvalue weighted by Crippen LogP contribution is 2.52. The number of allylic oxidation sites excluding steroid dienone is 2. The standard InChI is InChI=1S/C46H56ClN7O7S/c1-31(9-14-47)39-27-45(2,3)11-8-34(39)30-52-16-18-53(19-17-52)35-4-6-38(42(23-35)61-36-22-33-10-15-48-43(33)50-29-36)44(55)51-62(58,59)37-5-7-40(41(24-37)54(56)57)49-28-32-25-46(26-32)12-20-60-21-13-46/h4-7,10,15,22-24,29,32,49H,1,8-9,11-14,16-21,25-28,30H2,2-3H3,(H,48,50)(H,51,55). The molecule has 1 spiro atoms. The minimum Gasteiger partial charge on any atom is -0.455 e. The van der Waals surface area contributed by atoms with Crippen LogP contribution in [0.4, 0.5) is 17.1 Å². The van der Waals surface area contributed by atoms with Crippen LogP contribution in [0.25, 0.3) is 11.0 Å². The Labute approximate surface area is 368 Å². The van der Waals surface area contributed by atoms with E-state index in [4.69, 9.17) is 21.1 Å². The normalized spacial score (nSPS) is 19.3. The van der Waals surface area contributed by atoms with Gasteiger partial charge in [-0.25, -0.2) is 18.1 Å². The van der Waals surface area contributed by atoms with Crippen molar-refractivity contribution in [2.75, 3.05) is 68.6 Å². The Hall–Kier alpha value is -4.96. The van der Waals surface area contributed by atoms with Crippen molar-refractivity contribution in [3.8, 4) is 11.5 Å². The molecule has 4 aromatic rings. The molecule has 2 aliphatic heterocycles. The first kappa shape index (κ1) is 43.7. The van der Waals surface area contributed by atoms with E-state index in [1.54, 1.807) is 30.5 Å². The number of halogens is 1. The van der Waals surface area contributed by atoms with Crippen molar-refractivity contribution in [3.05, 3.63) is 99.9 Å². The number of nitro benzene ring substituents is 1. The number of amides is 1. The number of aromatic amines is 1. The van der Waals surface area contributed by atoms with Crippen molar-refractivity contribution < 1.29 is 27.6 Å². The summed E-state index contributed by atoms with van der Waals surface area (Å²) in [5, 5.41) is 16.1. The first-order valence-electron chi connectivity index (χ1n) is 21.5. The fourth-order valence-corrected chi connectivity index (χ4v) is 10.9. The van der Waals surface area contributed by atoms with E-state index >= 15 is 0 Å². The molecule has 8 rings (SSSR count). The van der Waals surface area contributed by atoms with Crippen molar-refractivity contribution in [2.45, 2.75) is 70.1 Å². The SMILES string of the molecule is C=C(CCCl)C1=C(CN2CCN(c3ccc(C(=O)NS(=O)(=O)c4ccc(NCC5CC6(CCOCC6)C5)c([N+](=O)[O-])c4)c(Oc4cnc5[nH]ccc5c4)c3)CC2)CCC(C)(C)C1. The summed E-state index contributed by atoms with van der Waals surface area (Å²) in [4.78, 5) is 37.3. The van der Waals surface area contributed by atoms with E-state index in [1.165, 1.54) is 29.5 Å². The van der Waals surface area contributed by atoms with Gasteiger partial charge < -0.3 is 24.7 Å². The van der Waals surface area contributed by atoms with Crippen molar-refractivity contribution in [1.29, 1.82) is 0 Å². The maximum absolute atomic E-state index is 13.9. The molecule has 0 bridgehead atoms. The Bertz CT molecular complexity index is 2480. The zero-order valence-electron chi connectivity index (χ0n) is 35.5. The van der Waals surface area contributed by atoms with Crippen LogP contribution in [0.2, 0.25) is 0 Å². The number of benzene rings is 2. The fourth-order valence-electron chi connectivity index (χ4n) is 9.65. The highest BCUT2D eigenvalue weighted by Gasteiger charge is 2.44. The highest BCUT2D eigenvalue weighted by molar-refractivity contribution is 7.90. The molecular formula is C46H56ClN7O7S. The molecule has 0 atom stereocenters.